The molecule has 1 saturated carbocycles. The minimum absolute atomic E-state index is 0.183. The third-order valence-electron chi connectivity index (χ3n) is 5.38. The first-order valence-electron chi connectivity index (χ1n) is 8.44. The third-order valence-corrected chi connectivity index (χ3v) is 5.38. The predicted molar refractivity (Wildman–Crippen MR) is 89.6 cm³/mol. The summed E-state index contributed by atoms with van der Waals surface area (Å²) in [4.78, 5) is 0. The van der Waals surface area contributed by atoms with Gasteiger partial charge in [0, 0.05) is 18.2 Å². The lowest BCUT2D eigenvalue weighted by atomic mass is 9.74. The molecule has 2 nitrogen and oxygen atoms in total. The number of halogens is 1. The summed E-state index contributed by atoms with van der Waals surface area (Å²) in [5, 5.41) is 14.0. The van der Waals surface area contributed by atoms with Crippen molar-refractivity contribution in [2.24, 2.45) is 0 Å². The van der Waals surface area contributed by atoms with Gasteiger partial charge in [-0.1, -0.05) is 24.3 Å². The van der Waals surface area contributed by atoms with Crippen LogP contribution in [-0.2, 0) is 18.6 Å². The van der Waals surface area contributed by atoms with Crippen molar-refractivity contribution in [1.29, 1.82) is 0 Å². The molecule has 120 valence electrons. The molecule has 0 spiro atoms. The molecule has 2 aromatic rings. The topological polar surface area (TPSA) is 32.3 Å². The van der Waals surface area contributed by atoms with Gasteiger partial charge in [0.05, 0.1) is 5.60 Å². The number of fused-ring (bicyclic) bond motifs is 1. The normalized spacial score (nSPS) is 22.3. The summed E-state index contributed by atoms with van der Waals surface area (Å²) in [5.74, 6) is -0.183. The lowest BCUT2D eigenvalue weighted by molar-refractivity contribution is -0.0387. The van der Waals surface area contributed by atoms with E-state index in [4.69, 9.17) is 0 Å². The third kappa shape index (κ3) is 2.48. The minimum atomic E-state index is -0.714. The van der Waals surface area contributed by atoms with Gasteiger partial charge in [0.15, 0.2) is 0 Å². The van der Waals surface area contributed by atoms with E-state index in [-0.39, 0.29) is 5.82 Å². The van der Waals surface area contributed by atoms with Gasteiger partial charge in [-0.15, -0.1) is 0 Å². The predicted octanol–water partition coefficient (Wildman–Crippen LogP) is 3.90. The quantitative estimate of drug-likeness (QED) is 0.881. The molecule has 1 atom stereocenters. The van der Waals surface area contributed by atoms with Crippen molar-refractivity contribution >= 4 is 0 Å². The Morgan fingerprint density at radius 3 is 2.78 bits per heavy atom. The SMILES string of the molecule is CC1Cc2ccc(F)c(-c3cccc(C4(O)CCC4)c3)c2CN1. The van der Waals surface area contributed by atoms with Crippen LogP contribution in [0.1, 0.15) is 42.9 Å². The van der Waals surface area contributed by atoms with Crippen LogP contribution < -0.4 is 5.32 Å². The number of hydrogen-bond acceptors (Lipinski definition) is 2. The Morgan fingerprint density at radius 1 is 1.22 bits per heavy atom. The molecule has 0 saturated heterocycles. The highest BCUT2D eigenvalue weighted by Gasteiger charge is 2.36. The number of nitrogens with one attached hydrogen (secondary N) is 1. The Kier molecular flexibility index (Phi) is 3.51. The van der Waals surface area contributed by atoms with Crippen LogP contribution >= 0.6 is 0 Å². The lowest BCUT2D eigenvalue weighted by Crippen LogP contribution is -2.34. The Bertz CT molecular complexity index is 751. The Hall–Kier alpha value is -1.71. The van der Waals surface area contributed by atoms with E-state index in [1.54, 1.807) is 6.07 Å². The van der Waals surface area contributed by atoms with Crippen LogP contribution in [0.5, 0.6) is 0 Å². The fourth-order valence-electron chi connectivity index (χ4n) is 3.81. The molecule has 1 aliphatic heterocycles. The number of rotatable bonds is 2. The maximum Gasteiger partial charge on any atom is 0.131 e. The highest BCUT2D eigenvalue weighted by Crippen LogP contribution is 2.42. The molecule has 0 amide bonds. The Labute approximate surface area is 136 Å². The van der Waals surface area contributed by atoms with Gasteiger partial charge in [-0.25, -0.2) is 4.39 Å². The first-order valence-corrected chi connectivity index (χ1v) is 8.44. The zero-order valence-corrected chi connectivity index (χ0v) is 13.4. The van der Waals surface area contributed by atoms with Crippen molar-refractivity contribution in [2.75, 3.05) is 0 Å². The van der Waals surface area contributed by atoms with E-state index in [0.29, 0.717) is 18.2 Å². The van der Waals surface area contributed by atoms with Gasteiger partial charge < -0.3 is 10.4 Å². The minimum Gasteiger partial charge on any atom is -0.385 e. The van der Waals surface area contributed by atoms with Crippen molar-refractivity contribution in [3.8, 4) is 11.1 Å². The molecule has 0 bridgehead atoms. The molecule has 1 aliphatic carbocycles. The number of benzene rings is 2. The van der Waals surface area contributed by atoms with Crippen molar-refractivity contribution in [1.82, 2.24) is 5.32 Å². The maximum atomic E-state index is 14.6. The first kappa shape index (κ1) is 14.9. The summed E-state index contributed by atoms with van der Waals surface area (Å²) in [7, 11) is 0. The highest BCUT2D eigenvalue weighted by atomic mass is 19.1. The Balaban J connectivity index is 1.82. The summed E-state index contributed by atoms with van der Waals surface area (Å²) in [6.45, 7) is 2.84. The van der Waals surface area contributed by atoms with Gasteiger partial charge in [-0.05, 0) is 67.0 Å². The van der Waals surface area contributed by atoms with E-state index < -0.39 is 5.60 Å². The van der Waals surface area contributed by atoms with Gasteiger partial charge in [0.1, 0.15) is 5.82 Å². The zero-order valence-electron chi connectivity index (χ0n) is 13.4. The molecule has 2 aliphatic rings. The van der Waals surface area contributed by atoms with E-state index >= 15 is 0 Å². The van der Waals surface area contributed by atoms with Crippen LogP contribution in [-0.4, -0.2) is 11.1 Å². The molecular weight excluding hydrogens is 289 g/mol. The molecule has 23 heavy (non-hydrogen) atoms. The van der Waals surface area contributed by atoms with Crippen LogP contribution in [0.4, 0.5) is 4.39 Å². The van der Waals surface area contributed by atoms with E-state index in [2.05, 4.69) is 12.2 Å². The van der Waals surface area contributed by atoms with Crippen LogP contribution in [0.25, 0.3) is 11.1 Å². The monoisotopic (exact) mass is 311 g/mol. The van der Waals surface area contributed by atoms with Crippen LogP contribution in [0.15, 0.2) is 36.4 Å². The Morgan fingerprint density at radius 2 is 2.04 bits per heavy atom. The van der Waals surface area contributed by atoms with Gasteiger partial charge in [0.2, 0.25) is 0 Å². The van der Waals surface area contributed by atoms with Gasteiger partial charge in [0.25, 0.3) is 0 Å². The highest BCUT2D eigenvalue weighted by molar-refractivity contribution is 5.71. The van der Waals surface area contributed by atoms with Gasteiger partial charge in [-0.3, -0.25) is 0 Å². The van der Waals surface area contributed by atoms with Gasteiger partial charge >= 0.3 is 0 Å². The maximum absolute atomic E-state index is 14.6. The molecule has 1 unspecified atom stereocenters. The number of aliphatic hydroxyl groups is 1. The van der Waals surface area contributed by atoms with Gasteiger partial charge in [-0.2, -0.15) is 0 Å². The lowest BCUT2D eigenvalue weighted by Gasteiger charge is -2.37. The number of hydrogen-bond donors (Lipinski definition) is 2. The fraction of sp³-hybridized carbons (Fsp3) is 0.400. The standard InChI is InChI=1S/C20H22FNO/c1-13-10-14-6-7-18(21)19(17(14)12-22-13)15-4-2-5-16(11-15)20(23)8-3-9-20/h2,4-7,11,13,22-23H,3,8-10,12H2,1H3. The largest absolute Gasteiger partial charge is 0.385 e. The van der Waals surface area contributed by atoms with Crippen LogP contribution in [0.3, 0.4) is 0 Å². The van der Waals surface area contributed by atoms with Crippen LogP contribution in [0, 0.1) is 5.82 Å². The van der Waals surface area contributed by atoms with Crippen molar-refractivity contribution in [3.05, 3.63) is 58.9 Å². The molecule has 1 heterocycles. The zero-order chi connectivity index (χ0) is 16.0. The van der Waals surface area contributed by atoms with E-state index in [0.717, 1.165) is 42.4 Å². The van der Waals surface area contributed by atoms with Crippen LogP contribution in [0.2, 0.25) is 0 Å². The second kappa shape index (κ2) is 5.43. The summed E-state index contributed by atoms with van der Waals surface area (Å²) in [5.41, 5.74) is 4.03. The van der Waals surface area contributed by atoms with Crippen molar-refractivity contribution < 1.29 is 9.50 Å². The second-order valence-corrected chi connectivity index (χ2v) is 7.01. The molecule has 2 aromatic carbocycles. The second-order valence-electron chi connectivity index (χ2n) is 7.01. The smallest absolute Gasteiger partial charge is 0.131 e. The summed E-state index contributed by atoms with van der Waals surface area (Å²) >= 11 is 0. The fourth-order valence-corrected chi connectivity index (χ4v) is 3.81. The van der Waals surface area contributed by atoms with Crippen molar-refractivity contribution in [3.63, 3.8) is 0 Å². The molecule has 0 radical (unpaired) electrons. The van der Waals surface area contributed by atoms with Crippen molar-refractivity contribution in [2.45, 2.75) is 50.8 Å². The average molecular weight is 311 g/mol. The van der Waals surface area contributed by atoms with E-state index in [9.17, 15) is 9.50 Å². The molecule has 4 rings (SSSR count). The summed E-state index contributed by atoms with van der Waals surface area (Å²) < 4.78 is 14.6. The van der Waals surface area contributed by atoms with E-state index in [1.807, 2.05) is 30.3 Å². The summed E-state index contributed by atoms with van der Waals surface area (Å²) in [6, 6.07) is 11.7. The average Bonchev–Trinajstić information content (AvgIpc) is 2.53. The molecule has 2 N–H and O–H groups in total. The van der Waals surface area contributed by atoms with E-state index in [1.165, 1.54) is 5.56 Å². The molecule has 1 fully saturated rings. The first-order chi connectivity index (χ1) is 11.1. The molecule has 3 heteroatoms. The summed E-state index contributed by atoms with van der Waals surface area (Å²) in [6.07, 6.45) is 3.57. The molecular formula is C20H22FNO. The molecule has 0 aromatic heterocycles.